The summed E-state index contributed by atoms with van der Waals surface area (Å²) in [5.41, 5.74) is 0.772. The average Bonchev–Trinajstić information content (AvgIpc) is 3.44. The smallest absolute Gasteiger partial charge is 0.323 e. The lowest BCUT2D eigenvalue weighted by Gasteiger charge is -2.30. The number of hydrogen-bond acceptors (Lipinski definition) is 3. The first-order valence-corrected chi connectivity index (χ1v) is 12.4. The molecule has 4 nitrogen and oxygen atoms in total. The van der Waals surface area contributed by atoms with Crippen LogP contribution in [-0.4, -0.2) is 26.6 Å². The lowest BCUT2D eigenvalue weighted by Crippen LogP contribution is -2.40. The number of amidine groups is 1. The van der Waals surface area contributed by atoms with Crippen LogP contribution in [0.4, 0.5) is 18.9 Å². The molecule has 3 aromatic rings. The second kappa shape index (κ2) is 9.77. The van der Waals surface area contributed by atoms with Gasteiger partial charge >= 0.3 is 6.18 Å². The molecule has 1 amide bonds. The van der Waals surface area contributed by atoms with Crippen molar-refractivity contribution >= 4 is 34.6 Å². The molecule has 1 aromatic heterocycles. The van der Waals surface area contributed by atoms with Crippen LogP contribution in [0, 0.1) is 0 Å². The second-order valence-corrected chi connectivity index (χ2v) is 9.68. The highest BCUT2D eigenvalue weighted by Gasteiger charge is 2.39. The summed E-state index contributed by atoms with van der Waals surface area (Å²) < 4.78 is 41.9. The topological polar surface area (TPSA) is 37.6 Å². The van der Waals surface area contributed by atoms with Gasteiger partial charge in [-0.15, -0.1) is 0 Å². The molecule has 0 atom stereocenters. The SMILES string of the molecule is O=C1/C(=C/c2ccn(-c3ccccc3C(F)(F)F)c2)SC(=Nc2ccccc2)N1C1CCCCC1. The number of carbonyl (C=O) groups excluding carboxylic acids is 1. The lowest BCUT2D eigenvalue weighted by molar-refractivity contribution is -0.137. The largest absolute Gasteiger partial charge is 0.418 e. The van der Waals surface area contributed by atoms with E-state index in [-0.39, 0.29) is 17.6 Å². The molecule has 8 heteroatoms. The molecule has 35 heavy (non-hydrogen) atoms. The maximum Gasteiger partial charge on any atom is 0.418 e. The van der Waals surface area contributed by atoms with Crippen LogP contribution in [0.15, 0.2) is 83.0 Å². The van der Waals surface area contributed by atoms with Gasteiger partial charge in [0, 0.05) is 18.4 Å². The summed E-state index contributed by atoms with van der Waals surface area (Å²) in [6, 6.07) is 16.8. The Bertz CT molecular complexity index is 1270. The van der Waals surface area contributed by atoms with Crippen LogP contribution in [0.2, 0.25) is 0 Å². The summed E-state index contributed by atoms with van der Waals surface area (Å²) in [6.45, 7) is 0. The maximum atomic E-state index is 13.5. The van der Waals surface area contributed by atoms with Crippen molar-refractivity contribution in [2.75, 3.05) is 0 Å². The molecule has 1 aliphatic heterocycles. The molecule has 2 fully saturated rings. The molecule has 0 unspecified atom stereocenters. The Kier molecular flexibility index (Phi) is 6.56. The number of nitrogens with zero attached hydrogens (tertiary/aromatic N) is 3. The molecule has 2 aliphatic rings. The van der Waals surface area contributed by atoms with E-state index in [0.29, 0.717) is 15.6 Å². The van der Waals surface area contributed by atoms with Crippen molar-refractivity contribution < 1.29 is 18.0 Å². The van der Waals surface area contributed by atoms with E-state index in [1.54, 1.807) is 30.6 Å². The fourth-order valence-electron chi connectivity index (χ4n) is 4.58. The first kappa shape index (κ1) is 23.5. The zero-order chi connectivity index (χ0) is 24.4. The number of hydrogen-bond donors (Lipinski definition) is 0. The molecule has 2 aromatic carbocycles. The minimum Gasteiger partial charge on any atom is -0.323 e. The molecule has 0 spiro atoms. The van der Waals surface area contributed by atoms with E-state index >= 15 is 0 Å². The van der Waals surface area contributed by atoms with Gasteiger partial charge in [0.25, 0.3) is 5.91 Å². The highest BCUT2D eigenvalue weighted by Crippen LogP contribution is 2.39. The molecule has 1 aliphatic carbocycles. The van der Waals surface area contributed by atoms with E-state index in [0.717, 1.165) is 37.4 Å². The predicted octanol–water partition coefficient (Wildman–Crippen LogP) is 7.43. The van der Waals surface area contributed by atoms with Crippen molar-refractivity contribution in [3.63, 3.8) is 0 Å². The van der Waals surface area contributed by atoms with Crippen molar-refractivity contribution in [3.05, 3.63) is 89.1 Å². The zero-order valence-corrected chi connectivity index (χ0v) is 19.7. The van der Waals surface area contributed by atoms with Crippen LogP contribution in [0.3, 0.4) is 0 Å². The first-order valence-electron chi connectivity index (χ1n) is 11.6. The summed E-state index contributed by atoms with van der Waals surface area (Å²) in [6.07, 6.45) is 5.70. The molecule has 180 valence electrons. The van der Waals surface area contributed by atoms with Gasteiger partial charge in [0.2, 0.25) is 0 Å². The number of amides is 1. The molecule has 5 rings (SSSR count). The van der Waals surface area contributed by atoms with E-state index in [4.69, 9.17) is 4.99 Å². The van der Waals surface area contributed by atoms with Crippen molar-refractivity contribution in [1.82, 2.24) is 9.47 Å². The van der Waals surface area contributed by atoms with E-state index < -0.39 is 11.7 Å². The number of benzene rings is 2. The zero-order valence-electron chi connectivity index (χ0n) is 18.9. The van der Waals surface area contributed by atoms with Crippen LogP contribution in [0.5, 0.6) is 0 Å². The van der Waals surface area contributed by atoms with E-state index in [2.05, 4.69) is 0 Å². The highest BCUT2D eigenvalue weighted by atomic mass is 32.2. The van der Waals surface area contributed by atoms with Gasteiger partial charge in [-0.3, -0.25) is 9.69 Å². The summed E-state index contributed by atoms with van der Waals surface area (Å²) in [5.74, 6) is -0.0972. The van der Waals surface area contributed by atoms with Crippen LogP contribution < -0.4 is 0 Å². The third kappa shape index (κ3) is 5.07. The number of carbonyl (C=O) groups is 1. The molecule has 0 N–H and O–H groups in total. The Morgan fingerprint density at radius 2 is 1.66 bits per heavy atom. The van der Waals surface area contributed by atoms with Gasteiger partial charge in [0.15, 0.2) is 5.17 Å². The highest BCUT2D eigenvalue weighted by molar-refractivity contribution is 8.18. The van der Waals surface area contributed by atoms with Gasteiger partial charge in [-0.1, -0.05) is 49.6 Å². The third-order valence-corrected chi connectivity index (χ3v) is 7.24. The molecule has 1 saturated carbocycles. The van der Waals surface area contributed by atoms with Gasteiger partial charge in [-0.2, -0.15) is 13.2 Å². The molecule has 1 saturated heterocycles. The Hall–Kier alpha value is -3.26. The van der Waals surface area contributed by atoms with Gasteiger partial charge in [-0.05, 0) is 66.6 Å². The number of aliphatic imine (C=N–C) groups is 1. The van der Waals surface area contributed by atoms with Gasteiger partial charge in [0.1, 0.15) is 0 Å². The quantitative estimate of drug-likeness (QED) is 0.353. The first-order chi connectivity index (χ1) is 16.9. The Morgan fingerprint density at radius 1 is 0.943 bits per heavy atom. The summed E-state index contributed by atoms with van der Waals surface area (Å²) in [7, 11) is 0. The van der Waals surface area contributed by atoms with Gasteiger partial charge in [0.05, 0.1) is 21.8 Å². The fourth-order valence-corrected chi connectivity index (χ4v) is 5.64. The van der Waals surface area contributed by atoms with E-state index in [1.165, 1.54) is 34.9 Å². The summed E-state index contributed by atoms with van der Waals surface area (Å²) in [4.78, 5) is 20.6. The normalized spacial score (nSPS) is 19.7. The number of thioether (sulfide) groups is 1. The van der Waals surface area contributed by atoms with Crippen molar-refractivity contribution in [2.45, 2.75) is 44.3 Å². The van der Waals surface area contributed by atoms with Crippen molar-refractivity contribution in [1.29, 1.82) is 0 Å². The lowest BCUT2D eigenvalue weighted by atomic mass is 9.94. The Balaban J connectivity index is 1.47. The monoisotopic (exact) mass is 495 g/mol. The average molecular weight is 496 g/mol. The molecule has 0 radical (unpaired) electrons. The molecular weight excluding hydrogens is 471 g/mol. The predicted molar refractivity (Wildman–Crippen MR) is 134 cm³/mol. The minimum absolute atomic E-state index is 0.0465. The number of para-hydroxylation sites is 2. The summed E-state index contributed by atoms with van der Waals surface area (Å²) >= 11 is 1.32. The van der Waals surface area contributed by atoms with Gasteiger partial charge in [-0.25, -0.2) is 4.99 Å². The van der Waals surface area contributed by atoms with E-state index in [9.17, 15) is 18.0 Å². The Morgan fingerprint density at radius 3 is 2.40 bits per heavy atom. The van der Waals surface area contributed by atoms with E-state index in [1.807, 2.05) is 35.2 Å². The van der Waals surface area contributed by atoms with Gasteiger partial charge < -0.3 is 4.57 Å². The number of halogens is 3. The summed E-state index contributed by atoms with van der Waals surface area (Å²) in [5, 5.41) is 0.654. The standard InChI is InChI=1S/C27H24F3N3OS/c28-27(29,30)22-13-7-8-14-23(22)32-16-15-19(18-32)17-24-25(34)33(21-11-5-2-6-12-21)26(35-24)31-20-9-3-1-4-10-20/h1,3-4,7-10,13-18,21H,2,5-6,11-12H2/b24-17-,31-26?. The number of alkyl halides is 3. The minimum atomic E-state index is -4.46. The third-order valence-electron chi connectivity index (χ3n) is 6.26. The maximum absolute atomic E-state index is 13.5. The molecular formula is C27H24F3N3OS. The van der Waals surface area contributed by atoms with Crippen LogP contribution in [-0.2, 0) is 11.0 Å². The van der Waals surface area contributed by atoms with Crippen LogP contribution in [0.25, 0.3) is 11.8 Å². The Labute approximate surface area is 206 Å². The second-order valence-electron chi connectivity index (χ2n) is 8.67. The number of rotatable bonds is 4. The van der Waals surface area contributed by atoms with Crippen LogP contribution >= 0.6 is 11.8 Å². The van der Waals surface area contributed by atoms with Crippen LogP contribution in [0.1, 0.15) is 43.2 Å². The molecule has 2 heterocycles. The van der Waals surface area contributed by atoms with Crippen molar-refractivity contribution in [3.8, 4) is 5.69 Å². The number of aromatic nitrogens is 1. The fraction of sp³-hybridized carbons (Fsp3) is 0.259. The molecule has 0 bridgehead atoms. The van der Waals surface area contributed by atoms with Crippen molar-refractivity contribution in [2.24, 2.45) is 4.99 Å².